The van der Waals surface area contributed by atoms with Crippen LogP contribution in [0.2, 0.25) is 0 Å². The number of anilines is 1. The molecule has 0 amide bonds. The first-order chi connectivity index (χ1) is 10.9. The van der Waals surface area contributed by atoms with E-state index in [4.69, 9.17) is 9.47 Å². The van der Waals surface area contributed by atoms with Crippen molar-refractivity contribution in [2.45, 2.75) is 24.6 Å². The minimum Gasteiger partial charge on any atom is -0.381 e. The maximum atomic E-state index is 12.8. The fourth-order valence-corrected chi connectivity index (χ4v) is 3.17. The molecule has 3 rings (SSSR count). The number of hydrogen-bond acceptors (Lipinski definition) is 4. The minimum absolute atomic E-state index is 0.0453. The molecule has 0 saturated carbocycles. The van der Waals surface area contributed by atoms with Crippen LogP contribution in [0.25, 0.3) is 0 Å². The molecule has 1 aromatic carbocycles. The molecule has 0 atom stereocenters. The van der Waals surface area contributed by atoms with Gasteiger partial charge >= 0.3 is 6.18 Å². The van der Waals surface area contributed by atoms with Crippen LogP contribution in [0, 0.1) is 11.3 Å². The predicted molar refractivity (Wildman–Crippen MR) is 77.1 cm³/mol. The summed E-state index contributed by atoms with van der Waals surface area (Å²) in [5.74, 6) is 0. The lowest BCUT2D eigenvalue weighted by molar-refractivity contribution is -0.137. The van der Waals surface area contributed by atoms with E-state index in [1.807, 2.05) is 11.0 Å². The average Bonchev–Trinajstić information content (AvgIpc) is 2.54. The zero-order chi connectivity index (χ0) is 16.5. The Kier molecular flexibility index (Phi) is 4.21. The van der Waals surface area contributed by atoms with Crippen LogP contribution in [0.3, 0.4) is 0 Å². The summed E-state index contributed by atoms with van der Waals surface area (Å²) >= 11 is 0. The molecular formula is C16H17F3N2O2. The number of morpholine rings is 1. The van der Waals surface area contributed by atoms with E-state index in [2.05, 4.69) is 0 Å². The maximum absolute atomic E-state index is 12.8. The molecule has 23 heavy (non-hydrogen) atoms. The third-order valence-electron chi connectivity index (χ3n) is 4.44. The first-order valence-corrected chi connectivity index (χ1v) is 7.52. The summed E-state index contributed by atoms with van der Waals surface area (Å²) < 4.78 is 49.7. The monoisotopic (exact) mass is 326 g/mol. The van der Waals surface area contributed by atoms with E-state index >= 15 is 0 Å². The predicted octanol–water partition coefficient (Wildman–Crippen LogP) is 2.96. The Morgan fingerprint density at radius 3 is 2.57 bits per heavy atom. The van der Waals surface area contributed by atoms with E-state index < -0.39 is 11.7 Å². The molecule has 4 nitrogen and oxygen atoms in total. The Hall–Kier alpha value is -1.78. The molecule has 124 valence electrons. The summed E-state index contributed by atoms with van der Waals surface area (Å²) in [6, 6.07) is 5.23. The van der Waals surface area contributed by atoms with Crippen molar-refractivity contribution in [1.29, 1.82) is 5.26 Å². The van der Waals surface area contributed by atoms with Gasteiger partial charge < -0.3 is 14.4 Å². The Labute approximate surface area is 132 Å². The van der Waals surface area contributed by atoms with Gasteiger partial charge in [0.2, 0.25) is 0 Å². The van der Waals surface area contributed by atoms with Crippen LogP contribution in [-0.2, 0) is 15.7 Å². The molecule has 2 fully saturated rings. The number of halogens is 3. The van der Waals surface area contributed by atoms with Gasteiger partial charge in [-0.2, -0.15) is 18.4 Å². The quantitative estimate of drug-likeness (QED) is 0.796. The first-order valence-electron chi connectivity index (χ1n) is 7.52. The Bertz CT molecular complexity index is 613. The topological polar surface area (TPSA) is 45.5 Å². The Morgan fingerprint density at radius 1 is 1.17 bits per heavy atom. The van der Waals surface area contributed by atoms with Crippen LogP contribution in [0.1, 0.15) is 24.0 Å². The van der Waals surface area contributed by atoms with E-state index in [0.717, 1.165) is 25.0 Å². The Morgan fingerprint density at radius 2 is 1.91 bits per heavy atom. The van der Waals surface area contributed by atoms with Crippen molar-refractivity contribution in [2.24, 2.45) is 0 Å². The van der Waals surface area contributed by atoms with Gasteiger partial charge in [-0.05, 0) is 18.2 Å². The lowest BCUT2D eigenvalue weighted by Gasteiger charge is -2.45. The van der Waals surface area contributed by atoms with Gasteiger partial charge in [-0.1, -0.05) is 0 Å². The van der Waals surface area contributed by atoms with E-state index in [0.29, 0.717) is 38.6 Å². The van der Waals surface area contributed by atoms with E-state index in [1.165, 1.54) is 6.07 Å². The van der Waals surface area contributed by atoms with Crippen LogP contribution < -0.4 is 4.90 Å². The molecule has 7 heteroatoms. The van der Waals surface area contributed by atoms with Crippen LogP contribution in [0.15, 0.2) is 18.2 Å². The number of alkyl halides is 3. The normalized spacial score (nSPS) is 21.2. The highest BCUT2D eigenvalue weighted by Gasteiger charge is 2.39. The highest BCUT2D eigenvalue weighted by Crippen LogP contribution is 2.35. The summed E-state index contributed by atoms with van der Waals surface area (Å²) in [7, 11) is 0. The van der Waals surface area contributed by atoms with Crippen LogP contribution in [-0.4, -0.2) is 38.5 Å². The van der Waals surface area contributed by atoms with Gasteiger partial charge in [0.25, 0.3) is 0 Å². The fraction of sp³-hybridized carbons (Fsp3) is 0.562. The van der Waals surface area contributed by atoms with Gasteiger partial charge in [0.1, 0.15) is 6.07 Å². The summed E-state index contributed by atoms with van der Waals surface area (Å²) in [6.45, 7) is 2.85. The largest absolute Gasteiger partial charge is 0.416 e. The SMILES string of the molecule is N#Cc1cc(C(F)(F)F)ccc1N1CCOC2(CCOCC2)C1. The van der Waals surface area contributed by atoms with Crippen LogP contribution in [0.5, 0.6) is 0 Å². The van der Waals surface area contributed by atoms with Crippen molar-refractivity contribution < 1.29 is 22.6 Å². The number of nitrogens with zero attached hydrogens (tertiary/aromatic N) is 2. The molecule has 0 N–H and O–H groups in total. The molecule has 0 bridgehead atoms. The molecule has 2 aliphatic heterocycles. The number of ether oxygens (including phenoxy) is 2. The number of rotatable bonds is 1. The molecule has 0 aromatic heterocycles. The molecule has 0 unspecified atom stereocenters. The molecule has 0 aliphatic carbocycles. The van der Waals surface area contributed by atoms with Gasteiger partial charge in [-0.3, -0.25) is 0 Å². The molecule has 1 aromatic rings. The molecular weight excluding hydrogens is 309 g/mol. The summed E-state index contributed by atoms with van der Waals surface area (Å²) in [4.78, 5) is 1.95. The lowest BCUT2D eigenvalue weighted by atomic mass is 9.91. The average molecular weight is 326 g/mol. The molecule has 2 heterocycles. The molecule has 2 saturated heterocycles. The summed E-state index contributed by atoms with van der Waals surface area (Å²) in [6.07, 6.45) is -2.94. The van der Waals surface area contributed by atoms with Crippen molar-refractivity contribution >= 4 is 5.69 Å². The van der Waals surface area contributed by atoms with Gasteiger partial charge in [-0.25, -0.2) is 0 Å². The second-order valence-electron chi connectivity index (χ2n) is 5.91. The van der Waals surface area contributed by atoms with E-state index in [-0.39, 0.29) is 11.2 Å². The zero-order valence-electron chi connectivity index (χ0n) is 12.5. The third-order valence-corrected chi connectivity index (χ3v) is 4.44. The van der Waals surface area contributed by atoms with Gasteiger partial charge in [0.05, 0.1) is 29.0 Å². The van der Waals surface area contributed by atoms with E-state index in [1.54, 1.807) is 0 Å². The van der Waals surface area contributed by atoms with E-state index in [9.17, 15) is 18.4 Å². The lowest BCUT2D eigenvalue weighted by Crippen LogP contribution is -2.54. The second-order valence-corrected chi connectivity index (χ2v) is 5.91. The van der Waals surface area contributed by atoms with Crippen LogP contribution >= 0.6 is 0 Å². The molecule has 0 radical (unpaired) electrons. The number of hydrogen-bond donors (Lipinski definition) is 0. The van der Waals surface area contributed by atoms with Crippen molar-refractivity contribution in [2.75, 3.05) is 37.8 Å². The maximum Gasteiger partial charge on any atom is 0.416 e. The Balaban J connectivity index is 1.87. The summed E-state index contributed by atoms with van der Waals surface area (Å²) in [5, 5.41) is 9.25. The summed E-state index contributed by atoms with van der Waals surface area (Å²) in [5.41, 5.74) is -0.545. The third kappa shape index (κ3) is 3.28. The standard InChI is InChI=1S/C16H17F3N2O2/c17-16(18,19)13-1-2-14(12(9-13)10-20)21-5-8-23-15(11-21)3-6-22-7-4-15/h1-2,9H,3-8,11H2. The van der Waals surface area contributed by atoms with Gasteiger partial charge in [-0.15, -0.1) is 0 Å². The number of benzene rings is 1. The minimum atomic E-state index is -4.45. The second kappa shape index (κ2) is 6.02. The molecule has 1 spiro atoms. The highest BCUT2D eigenvalue weighted by molar-refractivity contribution is 5.61. The highest BCUT2D eigenvalue weighted by atomic mass is 19.4. The first kappa shape index (κ1) is 16.1. The van der Waals surface area contributed by atoms with Crippen molar-refractivity contribution in [3.05, 3.63) is 29.3 Å². The van der Waals surface area contributed by atoms with Gasteiger partial charge in [0.15, 0.2) is 0 Å². The van der Waals surface area contributed by atoms with Gasteiger partial charge in [0, 0.05) is 39.1 Å². The van der Waals surface area contributed by atoms with Crippen molar-refractivity contribution in [3.63, 3.8) is 0 Å². The van der Waals surface area contributed by atoms with Crippen LogP contribution in [0.4, 0.5) is 18.9 Å². The molecule has 2 aliphatic rings. The fourth-order valence-electron chi connectivity index (χ4n) is 3.17. The zero-order valence-corrected chi connectivity index (χ0v) is 12.5. The van der Waals surface area contributed by atoms with Crippen molar-refractivity contribution in [1.82, 2.24) is 0 Å². The smallest absolute Gasteiger partial charge is 0.381 e. The van der Waals surface area contributed by atoms with Crippen molar-refractivity contribution in [3.8, 4) is 6.07 Å². The number of nitriles is 1.